The summed E-state index contributed by atoms with van der Waals surface area (Å²) in [5, 5.41) is 7.49. The van der Waals surface area contributed by atoms with Crippen LogP contribution in [0.2, 0.25) is 0 Å². The molecule has 1 saturated heterocycles. The summed E-state index contributed by atoms with van der Waals surface area (Å²) >= 11 is 0. The van der Waals surface area contributed by atoms with Crippen molar-refractivity contribution >= 4 is 0 Å². The average molecular weight is 246 g/mol. The lowest BCUT2D eigenvalue weighted by Gasteiger charge is -2.20. The van der Waals surface area contributed by atoms with Crippen molar-refractivity contribution in [2.24, 2.45) is 13.0 Å². The standard InChI is InChI=1S/C13H18N4O/c1-17-7-3-5-11(17)13-15-12(16-18-13)8-10-4-2-6-14-9-10/h3,5,7,10,14H,2,4,6,8-9H2,1H3/t10-/m0/s1. The lowest BCUT2D eigenvalue weighted by atomic mass is 9.96. The maximum absolute atomic E-state index is 5.33. The number of nitrogens with zero attached hydrogens (tertiary/aromatic N) is 3. The molecule has 0 bridgehead atoms. The molecule has 5 nitrogen and oxygen atoms in total. The third-order valence-corrected chi connectivity index (χ3v) is 3.50. The summed E-state index contributed by atoms with van der Waals surface area (Å²) in [6, 6.07) is 3.96. The van der Waals surface area contributed by atoms with E-state index in [9.17, 15) is 0 Å². The summed E-state index contributed by atoms with van der Waals surface area (Å²) in [5.41, 5.74) is 0.968. The Morgan fingerprint density at radius 2 is 2.50 bits per heavy atom. The SMILES string of the molecule is Cn1cccc1-c1nc(C[C@@H]2CCCNC2)no1. The highest BCUT2D eigenvalue weighted by atomic mass is 16.5. The second kappa shape index (κ2) is 4.94. The molecule has 1 fully saturated rings. The van der Waals surface area contributed by atoms with Crippen LogP contribution < -0.4 is 5.32 Å². The zero-order valence-electron chi connectivity index (χ0n) is 10.6. The molecular formula is C13H18N4O. The second-order valence-corrected chi connectivity index (χ2v) is 4.94. The number of hydrogen-bond donors (Lipinski definition) is 1. The van der Waals surface area contributed by atoms with Gasteiger partial charge in [-0.25, -0.2) is 0 Å². The van der Waals surface area contributed by atoms with Gasteiger partial charge >= 0.3 is 0 Å². The highest BCUT2D eigenvalue weighted by Gasteiger charge is 2.17. The monoisotopic (exact) mass is 246 g/mol. The first-order valence-corrected chi connectivity index (χ1v) is 6.48. The van der Waals surface area contributed by atoms with E-state index in [1.807, 2.05) is 29.9 Å². The van der Waals surface area contributed by atoms with Crippen molar-refractivity contribution in [3.05, 3.63) is 24.2 Å². The molecule has 2 aromatic heterocycles. The molecule has 3 rings (SSSR count). The van der Waals surface area contributed by atoms with Gasteiger partial charge in [0.05, 0.1) is 0 Å². The lowest BCUT2D eigenvalue weighted by molar-refractivity contribution is 0.359. The van der Waals surface area contributed by atoms with Crippen molar-refractivity contribution in [3.63, 3.8) is 0 Å². The summed E-state index contributed by atoms with van der Waals surface area (Å²) in [5.74, 6) is 2.07. The van der Waals surface area contributed by atoms with Gasteiger partial charge in [-0.1, -0.05) is 5.16 Å². The Hall–Kier alpha value is -1.62. The largest absolute Gasteiger partial charge is 0.347 e. The average Bonchev–Trinajstić information content (AvgIpc) is 2.99. The molecule has 0 spiro atoms. The molecule has 0 saturated carbocycles. The molecule has 1 N–H and O–H groups in total. The summed E-state index contributed by atoms with van der Waals surface area (Å²) in [7, 11) is 1.98. The first-order valence-electron chi connectivity index (χ1n) is 6.48. The molecule has 18 heavy (non-hydrogen) atoms. The van der Waals surface area contributed by atoms with E-state index < -0.39 is 0 Å². The van der Waals surface area contributed by atoms with Crippen LogP contribution in [-0.2, 0) is 13.5 Å². The van der Waals surface area contributed by atoms with Crippen LogP contribution in [0, 0.1) is 5.92 Å². The highest BCUT2D eigenvalue weighted by molar-refractivity contribution is 5.47. The van der Waals surface area contributed by atoms with Crippen molar-refractivity contribution in [2.75, 3.05) is 13.1 Å². The van der Waals surface area contributed by atoms with Crippen LogP contribution in [0.25, 0.3) is 11.6 Å². The maximum atomic E-state index is 5.33. The first-order chi connectivity index (χ1) is 8.83. The molecule has 0 aromatic carbocycles. The normalized spacial score (nSPS) is 20.2. The Balaban J connectivity index is 1.71. The minimum atomic E-state index is 0.612. The molecule has 1 atom stereocenters. The van der Waals surface area contributed by atoms with Gasteiger partial charge in [-0.3, -0.25) is 0 Å². The summed E-state index contributed by atoms with van der Waals surface area (Å²) < 4.78 is 7.31. The number of nitrogens with one attached hydrogen (secondary N) is 1. The summed E-state index contributed by atoms with van der Waals surface area (Å²) in [6.07, 6.45) is 5.37. The van der Waals surface area contributed by atoms with Crippen molar-refractivity contribution < 1.29 is 4.52 Å². The molecule has 0 aliphatic carbocycles. The van der Waals surface area contributed by atoms with E-state index in [0.717, 1.165) is 31.0 Å². The molecule has 0 amide bonds. The quantitative estimate of drug-likeness (QED) is 0.894. The fraction of sp³-hybridized carbons (Fsp3) is 0.538. The van der Waals surface area contributed by atoms with Crippen LogP contribution in [0.4, 0.5) is 0 Å². The van der Waals surface area contributed by atoms with Gasteiger partial charge in [0.25, 0.3) is 5.89 Å². The highest BCUT2D eigenvalue weighted by Crippen LogP contribution is 2.19. The molecule has 1 aliphatic heterocycles. The molecule has 0 unspecified atom stereocenters. The lowest BCUT2D eigenvalue weighted by Crippen LogP contribution is -2.31. The fourth-order valence-electron chi connectivity index (χ4n) is 2.48. The minimum absolute atomic E-state index is 0.612. The summed E-state index contributed by atoms with van der Waals surface area (Å²) in [6.45, 7) is 2.20. The molecule has 1 aliphatic rings. The molecule has 5 heteroatoms. The molecule has 0 radical (unpaired) electrons. The maximum Gasteiger partial charge on any atom is 0.274 e. The Labute approximate surface area is 106 Å². The Morgan fingerprint density at radius 1 is 1.56 bits per heavy atom. The van der Waals surface area contributed by atoms with Gasteiger partial charge in [0, 0.05) is 19.7 Å². The van der Waals surface area contributed by atoms with E-state index in [4.69, 9.17) is 4.52 Å². The predicted octanol–water partition coefficient (Wildman–Crippen LogP) is 1.62. The number of hydrogen-bond acceptors (Lipinski definition) is 4. The second-order valence-electron chi connectivity index (χ2n) is 4.94. The Bertz CT molecular complexity index is 511. The number of rotatable bonds is 3. The van der Waals surface area contributed by atoms with Crippen LogP contribution in [0.3, 0.4) is 0 Å². The van der Waals surface area contributed by atoms with Crippen LogP contribution >= 0.6 is 0 Å². The van der Waals surface area contributed by atoms with E-state index in [0.29, 0.717) is 11.8 Å². The van der Waals surface area contributed by atoms with Crippen LogP contribution in [0.5, 0.6) is 0 Å². The summed E-state index contributed by atoms with van der Waals surface area (Å²) in [4.78, 5) is 4.48. The number of aromatic nitrogens is 3. The van der Waals surface area contributed by atoms with Gasteiger partial charge in [0.2, 0.25) is 0 Å². The first kappa shape index (κ1) is 11.5. The zero-order valence-corrected chi connectivity index (χ0v) is 10.6. The van der Waals surface area contributed by atoms with E-state index in [1.165, 1.54) is 12.8 Å². The van der Waals surface area contributed by atoms with E-state index in [2.05, 4.69) is 15.5 Å². The number of piperidine rings is 1. The van der Waals surface area contributed by atoms with Gasteiger partial charge in [0.1, 0.15) is 5.69 Å². The van der Waals surface area contributed by atoms with Gasteiger partial charge in [-0.2, -0.15) is 4.98 Å². The van der Waals surface area contributed by atoms with E-state index >= 15 is 0 Å². The van der Waals surface area contributed by atoms with Crippen LogP contribution in [0.1, 0.15) is 18.7 Å². The predicted molar refractivity (Wildman–Crippen MR) is 68.0 cm³/mol. The Morgan fingerprint density at radius 3 is 3.22 bits per heavy atom. The van der Waals surface area contributed by atoms with Gasteiger partial charge in [-0.15, -0.1) is 0 Å². The fourth-order valence-corrected chi connectivity index (χ4v) is 2.48. The minimum Gasteiger partial charge on any atom is -0.347 e. The third kappa shape index (κ3) is 2.31. The van der Waals surface area contributed by atoms with Crippen molar-refractivity contribution in [3.8, 4) is 11.6 Å². The van der Waals surface area contributed by atoms with Crippen LogP contribution in [-0.4, -0.2) is 27.8 Å². The van der Waals surface area contributed by atoms with Gasteiger partial charge in [0.15, 0.2) is 5.82 Å². The molecule has 2 aromatic rings. The molecule has 96 valence electrons. The van der Waals surface area contributed by atoms with E-state index in [1.54, 1.807) is 0 Å². The topological polar surface area (TPSA) is 55.9 Å². The van der Waals surface area contributed by atoms with Gasteiger partial charge < -0.3 is 14.4 Å². The molecule has 3 heterocycles. The Kier molecular flexibility index (Phi) is 3.15. The van der Waals surface area contributed by atoms with Crippen molar-refractivity contribution in [1.29, 1.82) is 0 Å². The van der Waals surface area contributed by atoms with Gasteiger partial charge in [-0.05, 0) is 44.0 Å². The molecular weight excluding hydrogens is 228 g/mol. The number of aryl methyl sites for hydroxylation is 1. The van der Waals surface area contributed by atoms with Crippen molar-refractivity contribution in [2.45, 2.75) is 19.3 Å². The van der Waals surface area contributed by atoms with Crippen LogP contribution in [0.15, 0.2) is 22.9 Å². The third-order valence-electron chi connectivity index (χ3n) is 3.50. The smallest absolute Gasteiger partial charge is 0.274 e. The van der Waals surface area contributed by atoms with E-state index in [-0.39, 0.29) is 0 Å². The zero-order chi connectivity index (χ0) is 12.4. The van der Waals surface area contributed by atoms with Crippen molar-refractivity contribution in [1.82, 2.24) is 20.0 Å².